The third-order valence-electron chi connectivity index (χ3n) is 4.24. The first-order valence-electron chi connectivity index (χ1n) is 8.70. The maximum absolute atomic E-state index is 12.9. The minimum atomic E-state index is -0.479. The van der Waals surface area contributed by atoms with Crippen LogP contribution in [0.3, 0.4) is 0 Å². The minimum absolute atomic E-state index is 0.0445. The van der Waals surface area contributed by atoms with Gasteiger partial charge in [0.25, 0.3) is 5.69 Å². The highest BCUT2D eigenvalue weighted by Gasteiger charge is 2.17. The van der Waals surface area contributed by atoms with Gasteiger partial charge in [-0.15, -0.1) is 0 Å². The first kappa shape index (κ1) is 19.4. The number of morpholine rings is 1. The molecular formula is C19H19FN4O4. The van der Waals surface area contributed by atoms with E-state index in [2.05, 4.69) is 15.4 Å². The van der Waals surface area contributed by atoms with Gasteiger partial charge in [0.1, 0.15) is 5.82 Å². The molecule has 9 heteroatoms. The highest BCUT2D eigenvalue weighted by Crippen LogP contribution is 2.25. The highest BCUT2D eigenvalue weighted by molar-refractivity contribution is 5.90. The summed E-state index contributed by atoms with van der Waals surface area (Å²) in [6.07, 6.45) is 1.43. The number of carbonyl (C=O) groups excluding carboxylic acids is 1. The van der Waals surface area contributed by atoms with Crippen LogP contribution in [0.5, 0.6) is 0 Å². The molecule has 1 fully saturated rings. The fourth-order valence-electron chi connectivity index (χ4n) is 2.85. The number of anilines is 1. The van der Waals surface area contributed by atoms with Gasteiger partial charge in [-0.3, -0.25) is 14.9 Å². The van der Waals surface area contributed by atoms with E-state index in [-0.39, 0.29) is 23.8 Å². The van der Waals surface area contributed by atoms with Crippen molar-refractivity contribution in [3.05, 3.63) is 69.5 Å². The molecule has 0 bridgehead atoms. The van der Waals surface area contributed by atoms with Crippen LogP contribution in [0.25, 0.3) is 0 Å². The van der Waals surface area contributed by atoms with Crippen LogP contribution in [0.1, 0.15) is 11.1 Å². The lowest BCUT2D eigenvalue weighted by Gasteiger charge is -2.29. The normalized spacial score (nSPS) is 14.2. The number of rotatable bonds is 6. The number of nitrogens with zero attached hydrogens (tertiary/aromatic N) is 3. The smallest absolute Gasteiger partial charge is 0.270 e. The fraction of sp³-hybridized carbons (Fsp3) is 0.263. The molecule has 1 N–H and O–H groups in total. The number of carbonyl (C=O) groups is 1. The van der Waals surface area contributed by atoms with Crippen molar-refractivity contribution in [2.24, 2.45) is 5.10 Å². The molecule has 0 spiro atoms. The van der Waals surface area contributed by atoms with E-state index in [1.807, 2.05) is 0 Å². The number of ether oxygens (including phenoxy) is 1. The van der Waals surface area contributed by atoms with Crippen LogP contribution in [0.2, 0.25) is 0 Å². The molecule has 0 atom stereocenters. The number of hydrogen-bond donors (Lipinski definition) is 1. The largest absolute Gasteiger partial charge is 0.378 e. The monoisotopic (exact) mass is 386 g/mol. The van der Waals surface area contributed by atoms with Gasteiger partial charge < -0.3 is 9.64 Å². The molecule has 1 amide bonds. The highest BCUT2D eigenvalue weighted by atomic mass is 19.1. The molecule has 1 heterocycles. The van der Waals surface area contributed by atoms with Gasteiger partial charge in [0.15, 0.2) is 0 Å². The Balaban J connectivity index is 1.71. The zero-order valence-corrected chi connectivity index (χ0v) is 15.0. The van der Waals surface area contributed by atoms with E-state index in [1.165, 1.54) is 42.6 Å². The summed E-state index contributed by atoms with van der Waals surface area (Å²) >= 11 is 0. The number of halogens is 1. The molecular weight excluding hydrogens is 367 g/mol. The fourth-order valence-corrected chi connectivity index (χ4v) is 2.85. The number of nitrogens with one attached hydrogen (secondary N) is 1. The van der Waals surface area contributed by atoms with Crippen molar-refractivity contribution < 1.29 is 18.8 Å². The van der Waals surface area contributed by atoms with Crippen LogP contribution in [-0.4, -0.2) is 43.3 Å². The average molecular weight is 386 g/mol. The number of amides is 1. The van der Waals surface area contributed by atoms with Crippen molar-refractivity contribution in [2.45, 2.75) is 6.42 Å². The van der Waals surface area contributed by atoms with E-state index in [0.29, 0.717) is 37.4 Å². The molecule has 2 aromatic rings. The van der Waals surface area contributed by atoms with Crippen molar-refractivity contribution in [3.8, 4) is 0 Å². The Morgan fingerprint density at radius 3 is 2.64 bits per heavy atom. The Kier molecular flexibility index (Phi) is 6.28. The van der Waals surface area contributed by atoms with Crippen molar-refractivity contribution in [1.29, 1.82) is 0 Å². The third kappa shape index (κ3) is 5.10. The number of benzene rings is 2. The number of hydrazone groups is 1. The van der Waals surface area contributed by atoms with Crippen LogP contribution < -0.4 is 10.3 Å². The Morgan fingerprint density at radius 2 is 1.96 bits per heavy atom. The van der Waals surface area contributed by atoms with Crippen LogP contribution in [0.15, 0.2) is 47.6 Å². The quantitative estimate of drug-likeness (QED) is 0.467. The molecule has 1 aliphatic heterocycles. The lowest BCUT2D eigenvalue weighted by atomic mass is 10.1. The number of nitro benzene ring substituents is 1. The van der Waals surface area contributed by atoms with E-state index in [0.717, 1.165) is 5.69 Å². The topological polar surface area (TPSA) is 97.1 Å². The van der Waals surface area contributed by atoms with E-state index < -0.39 is 4.92 Å². The van der Waals surface area contributed by atoms with E-state index in [1.54, 1.807) is 6.07 Å². The summed E-state index contributed by atoms with van der Waals surface area (Å²) in [5, 5.41) is 15.0. The average Bonchev–Trinajstić information content (AvgIpc) is 2.70. The van der Waals surface area contributed by atoms with Crippen molar-refractivity contribution >= 4 is 23.5 Å². The third-order valence-corrected chi connectivity index (χ3v) is 4.24. The molecule has 146 valence electrons. The predicted octanol–water partition coefficient (Wildman–Crippen LogP) is 2.26. The molecule has 3 rings (SSSR count). The van der Waals surface area contributed by atoms with Crippen LogP contribution in [-0.2, 0) is 16.0 Å². The van der Waals surface area contributed by atoms with Gasteiger partial charge in [-0.1, -0.05) is 12.1 Å². The second-order valence-electron chi connectivity index (χ2n) is 6.20. The summed E-state index contributed by atoms with van der Waals surface area (Å²) < 4.78 is 18.2. The van der Waals surface area contributed by atoms with Crippen LogP contribution in [0, 0.1) is 15.9 Å². The maximum atomic E-state index is 12.9. The number of hydrogen-bond acceptors (Lipinski definition) is 6. The van der Waals surface area contributed by atoms with Gasteiger partial charge in [-0.25, -0.2) is 9.82 Å². The zero-order chi connectivity index (χ0) is 19.9. The summed E-state index contributed by atoms with van der Waals surface area (Å²) in [6.45, 7) is 2.47. The lowest BCUT2D eigenvalue weighted by Crippen LogP contribution is -2.36. The minimum Gasteiger partial charge on any atom is -0.378 e. The van der Waals surface area contributed by atoms with Gasteiger partial charge in [0, 0.05) is 36.5 Å². The molecule has 0 aliphatic carbocycles. The maximum Gasteiger partial charge on any atom is 0.270 e. The van der Waals surface area contributed by atoms with Crippen molar-refractivity contribution in [3.63, 3.8) is 0 Å². The Hall–Kier alpha value is -3.33. The van der Waals surface area contributed by atoms with Crippen molar-refractivity contribution in [1.82, 2.24) is 5.43 Å². The predicted molar refractivity (Wildman–Crippen MR) is 102 cm³/mol. The summed E-state index contributed by atoms with van der Waals surface area (Å²) in [5.74, 6) is -0.746. The van der Waals surface area contributed by atoms with Crippen LogP contribution >= 0.6 is 0 Å². The van der Waals surface area contributed by atoms with E-state index in [9.17, 15) is 19.3 Å². The molecule has 28 heavy (non-hydrogen) atoms. The summed E-state index contributed by atoms with van der Waals surface area (Å²) in [6, 6.07) is 10.1. The first-order chi connectivity index (χ1) is 13.5. The van der Waals surface area contributed by atoms with Gasteiger partial charge in [0.2, 0.25) is 5.91 Å². The second kappa shape index (κ2) is 9.05. The molecule has 1 aliphatic rings. The molecule has 0 aromatic heterocycles. The van der Waals surface area contributed by atoms with Gasteiger partial charge in [-0.05, 0) is 23.8 Å². The zero-order valence-electron chi connectivity index (χ0n) is 15.0. The Bertz CT molecular complexity index is 880. The Morgan fingerprint density at radius 1 is 1.25 bits per heavy atom. The molecule has 2 aromatic carbocycles. The molecule has 0 unspecified atom stereocenters. The van der Waals surface area contributed by atoms with Gasteiger partial charge in [0.05, 0.1) is 30.8 Å². The van der Waals surface area contributed by atoms with Crippen molar-refractivity contribution in [2.75, 3.05) is 31.2 Å². The van der Waals surface area contributed by atoms with E-state index in [4.69, 9.17) is 4.74 Å². The second-order valence-corrected chi connectivity index (χ2v) is 6.20. The SMILES string of the molecule is O=C(Cc1ccc(F)cc1)N/N=C\c1cc([N+](=O)[O-])ccc1N1CCOCC1. The van der Waals surface area contributed by atoms with Crippen LogP contribution in [0.4, 0.5) is 15.8 Å². The summed E-state index contributed by atoms with van der Waals surface area (Å²) in [4.78, 5) is 24.6. The van der Waals surface area contributed by atoms with Gasteiger partial charge in [-0.2, -0.15) is 5.10 Å². The standard InChI is InChI=1S/C19H19FN4O4/c20-16-3-1-14(2-4-16)11-19(25)22-21-13-15-12-17(24(26)27)5-6-18(15)23-7-9-28-10-8-23/h1-6,12-13H,7-11H2,(H,22,25)/b21-13-. The first-order valence-corrected chi connectivity index (χ1v) is 8.70. The molecule has 0 saturated carbocycles. The lowest BCUT2D eigenvalue weighted by molar-refractivity contribution is -0.384. The number of non-ortho nitro benzene ring substituents is 1. The molecule has 1 saturated heterocycles. The molecule has 8 nitrogen and oxygen atoms in total. The van der Waals surface area contributed by atoms with E-state index >= 15 is 0 Å². The molecule has 0 radical (unpaired) electrons. The Labute approximate surface area is 160 Å². The number of nitro groups is 1. The van der Waals surface area contributed by atoms with Gasteiger partial charge >= 0.3 is 0 Å². The summed E-state index contributed by atoms with van der Waals surface area (Å²) in [7, 11) is 0. The summed E-state index contributed by atoms with van der Waals surface area (Å²) in [5.41, 5.74) is 4.30.